The molecule has 1 aromatic heterocycles. The number of urea groups is 1. The largest absolute Gasteiger partial charge is 0.379 e. The third-order valence-corrected chi connectivity index (χ3v) is 3.35. The average molecular weight is 316 g/mol. The van der Waals surface area contributed by atoms with Gasteiger partial charge in [-0.25, -0.2) is 19.4 Å². The van der Waals surface area contributed by atoms with Crippen molar-refractivity contribution in [2.75, 3.05) is 10.7 Å². The maximum Gasteiger partial charge on any atom is 0.328 e. The van der Waals surface area contributed by atoms with E-state index < -0.39 is 24.0 Å². The lowest BCUT2D eigenvalue weighted by Crippen LogP contribution is -2.55. The minimum atomic E-state index is -0.795. The SMILES string of the molecule is CC(O)NC1C=CN(c2nc3ccccc3n(N)c2=O)C(=O)N1. The number of amides is 2. The number of aromatic nitrogens is 2. The predicted octanol–water partition coefficient (Wildman–Crippen LogP) is -0.592. The van der Waals surface area contributed by atoms with E-state index in [1.54, 1.807) is 30.3 Å². The first-order valence-corrected chi connectivity index (χ1v) is 6.96. The summed E-state index contributed by atoms with van der Waals surface area (Å²) in [4.78, 5) is 29.9. The van der Waals surface area contributed by atoms with Crippen LogP contribution in [0.15, 0.2) is 41.3 Å². The number of hydrogen-bond acceptors (Lipinski definition) is 6. The van der Waals surface area contributed by atoms with Crippen LogP contribution < -0.4 is 26.9 Å². The fraction of sp³-hybridized carbons (Fsp3) is 0.214. The van der Waals surface area contributed by atoms with E-state index in [1.807, 2.05) is 0 Å². The van der Waals surface area contributed by atoms with Crippen molar-refractivity contribution in [2.45, 2.75) is 19.3 Å². The van der Waals surface area contributed by atoms with E-state index in [1.165, 1.54) is 13.1 Å². The second kappa shape index (κ2) is 5.71. The van der Waals surface area contributed by atoms with Crippen LogP contribution in [0.3, 0.4) is 0 Å². The molecule has 0 saturated carbocycles. The number of carbonyl (C=O) groups excluding carboxylic acids is 1. The van der Waals surface area contributed by atoms with Gasteiger partial charge in [-0.3, -0.25) is 10.1 Å². The van der Waals surface area contributed by atoms with Gasteiger partial charge in [0.2, 0.25) is 5.82 Å². The van der Waals surface area contributed by atoms with Crippen LogP contribution in [0.2, 0.25) is 0 Å². The average Bonchev–Trinajstić information content (AvgIpc) is 2.51. The molecule has 1 aliphatic rings. The quantitative estimate of drug-likeness (QED) is 0.443. The molecule has 2 amide bonds. The van der Waals surface area contributed by atoms with Gasteiger partial charge >= 0.3 is 11.6 Å². The molecule has 0 spiro atoms. The number of rotatable bonds is 3. The number of nitrogens with one attached hydrogen (secondary N) is 2. The van der Waals surface area contributed by atoms with Crippen molar-refractivity contribution in [2.24, 2.45) is 0 Å². The number of hydrogen-bond donors (Lipinski definition) is 4. The first-order chi connectivity index (χ1) is 11.0. The molecule has 2 unspecified atom stereocenters. The Labute approximate surface area is 131 Å². The lowest BCUT2D eigenvalue weighted by Gasteiger charge is -2.28. The van der Waals surface area contributed by atoms with E-state index in [-0.39, 0.29) is 5.82 Å². The molecule has 1 aliphatic heterocycles. The van der Waals surface area contributed by atoms with Crippen molar-refractivity contribution in [1.82, 2.24) is 20.3 Å². The summed E-state index contributed by atoms with van der Waals surface area (Å²) in [5.41, 5.74) is 0.372. The van der Waals surface area contributed by atoms with Crippen LogP contribution in [0, 0.1) is 0 Å². The Morgan fingerprint density at radius 3 is 2.83 bits per heavy atom. The first kappa shape index (κ1) is 15.0. The maximum absolute atomic E-state index is 12.4. The van der Waals surface area contributed by atoms with Gasteiger partial charge in [0, 0.05) is 6.20 Å². The van der Waals surface area contributed by atoms with Crippen molar-refractivity contribution in [3.8, 4) is 0 Å². The van der Waals surface area contributed by atoms with Crippen molar-refractivity contribution in [3.05, 3.63) is 46.9 Å². The highest BCUT2D eigenvalue weighted by Crippen LogP contribution is 2.15. The van der Waals surface area contributed by atoms with Gasteiger partial charge in [0.05, 0.1) is 11.0 Å². The monoisotopic (exact) mass is 316 g/mol. The number of anilines is 1. The van der Waals surface area contributed by atoms with Gasteiger partial charge in [-0.05, 0) is 25.1 Å². The van der Waals surface area contributed by atoms with Crippen LogP contribution in [0.5, 0.6) is 0 Å². The molecule has 2 aromatic rings. The lowest BCUT2D eigenvalue weighted by molar-refractivity contribution is 0.142. The Kier molecular flexibility index (Phi) is 3.72. The molecular formula is C14H16N6O3. The molecule has 2 atom stereocenters. The van der Waals surface area contributed by atoms with Crippen molar-refractivity contribution in [3.63, 3.8) is 0 Å². The second-order valence-electron chi connectivity index (χ2n) is 5.08. The van der Waals surface area contributed by atoms with E-state index in [0.717, 1.165) is 9.58 Å². The van der Waals surface area contributed by atoms with Gasteiger partial charge in [-0.1, -0.05) is 12.1 Å². The Morgan fingerprint density at radius 2 is 2.13 bits per heavy atom. The predicted molar refractivity (Wildman–Crippen MR) is 84.9 cm³/mol. The number of nitrogen functional groups attached to an aromatic ring is 1. The number of aliphatic hydroxyl groups is 1. The highest BCUT2D eigenvalue weighted by molar-refractivity contribution is 5.94. The molecule has 0 fully saturated rings. The van der Waals surface area contributed by atoms with Crippen molar-refractivity contribution >= 4 is 22.9 Å². The summed E-state index contributed by atoms with van der Waals surface area (Å²) < 4.78 is 0.957. The summed E-state index contributed by atoms with van der Waals surface area (Å²) in [6, 6.07) is 6.32. The number of carbonyl (C=O) groups is 1. The number of nitrogens with two attached hydrogens (primary N) is 1. The van der Waals surface area contributed by atoms with Gasteiger partial charge in [-0.2, -0.15) is 0 Å². The topological polar surface area (TPSA) is 126 Å². The number of aliphatic hydroxyl groups excluding tert-OH is 1. The van der Waals surface area contributed by atoms with Gasteiger partial charge in [0.15, 0.2) is 0 Å². The van der Waals surface area contributed by atoms with Crippen LogP contribution in [-0.2, 0) is 0 Å². The van der Waals surface area contributed by atoms with Crippen LogP contribution in [0.25, 0.3) is 11.0 Å². The Bertz CT molecular complexity index is 844. The third kappa shape index (κ3) is 2.74. The highest BCUT2D eigenvalue weighted by atomic mass is 16.3. The van der Waals surface area contributed by atoms with Gasteiger partial charge < -0.3 is 16.3 Å². The summed E-state index contributed by atoms with van der Waals surface area (Å²) in [5, 5.41) is 14.6. The molecule has 0 saturated heterocycles. The van der Waals surface area contributed by atoms with E-state index in [0.29, 0.717) is 11.0 Å². The molecule has 5 N–H and O–H groups in total. The molecule has 9 heteroatoms. The number of benzene rings is 1. The van der Waals surface area contributed by atoms with Crippen molar-refractivity contribution in [1.29, 1.82) is 0 Å². The smallest absolute Gasteiger partial charge is 0.328 e. The fourth-order valence-corrected chi connectivity index (χ4v) is 2.31. The minimum absolute atomic E-state index is 0.101. The molecule has 2 heterocycles. The minimum Gasteiger partial charge on any atom is -0.379 e. The number of fused-ring (bicyclic) bond motifs is 1. The van der Waals surface area contributed by atoms with E-state index >= 15 is 0 Å². The van der Waals surface area contributed by atoms with Crippen molar-refractivity contribution < 1.29 is 9.90 Å². The standard InChI is InChI=1S/C14H16N6O3/c1-8(21)16-11-6-7-19(14(23)18-11)12-13(22)20(15)10-5-3-2-4-9(10)17-12/h2-8,11,16,21H,15H2,1H3,(H,18,23). The first-order valence-electron chi connectivity index (χ1n) is 6.96. The molecule has 23 heavy (non-hydrogen) atoms. The van der Waals surface area contributed by atoms with Crippen LogP contribution >= 0.6 is 0 Å². The lowest BCUT2D eigenvalue weighted by atomic mass is 10.3. The fourth-order valence-electron chi connectivity index (χ4n) is 2.31. The van der Waals surface area contributed by atoms with Crippen LogP contribution in [0.1, 0.15) is 6.92 Å². The van der Waals surface area contributed by atoms with Crippen LogP contribution in [-0.4, -0.2) is 33.2 Å². The Morgan fingerprint density at radius 1 is 1.39 bits per heavy atom. The summed E-state index contributed by atoms with van der Waals surface area (Å²) in [5.74, 6) is 5.70. The summed E-state index contributed by atoms with van der Waals surface area (Å²) in [6.45, 7) is 1.53. The number of nitrogens with zero attached hydrogens (tertiary/aromatic N) is 3. The Hall–Kier alpha value is -2.91. The zero-order valence-electron chi connectivity index (χ0n) is 12.3. The molecule has 3 rings (SSSR count). The molecule has 9 nitrogen and oxygen atoms in total. The van der Waals surface area contributed by atoms with E-state index in [9.17, 15) is 14.7 Å². The second-order valence-corrected chi connectivity index (χ2v) is 5.08. The van der Waals surface area contributed by atoms with E-state index in [4.69, 9.17) is 5.84 Å². The molecule has 1 aromatic carbocycles. The Balaban J connectivity index is 2.02. The van der Waals surface area contributed by atoms with Crippen LogP contribution in [0.4, 0.5) is 10.6 Å². The highest BCUT2D eigenvalue weighted by Gasteiger charge is 2.26. The van der Waals surface area contributed by atoms with Gasteiger partial charge in [0.25, 0.3) is 0 Å². The molecule has 120 valence electrons. The zero-order valence-corrected chi connectivity index (χ0v) is 12.3. The number of para-hydroxylation sites is 2. The van der Waals surface area contributed by atoms with E-state index in [2.05, 4.69) is 15.6 Å². The molecular weight excluding hydrogens is 300 g/mol. The zero-order chi connectivity index (χ0) is 16.6. The molecule has 0 aliphatic carbocycles. The summed E-state index contributed by atoms with van der Waals surface area (Å²) in [6.07, 6.45) is 1.67. The van der Waals surface area contributed by atoms with Gasteiger partial charge in [0.1, 0.15) is 12.4 Å². The summed E-state index contributed by atoms with van der Waals surface area (Å²) >= 11 is 0. The van der Waals surface area contributed by atoms with Gasteiger partial charge in [-0.15, -0.1) is 0 Å². The molecule has 0 bridgehead atoms. The third-order valence-electron chi connectivity index (χ3n) is 3.35. The summed E-state index contributed by atoms with van der Waals surface area (Å²) in [7, 11) is 0. The normalized spacial score (nSPS) is 19.0. The maximum atomic E-state index is 12.4. The molecule has 0 radical (unpaired) electrons.